The molecule has 4 aromatic carbocycles. The molecular formula is C33H25Cl3N4. The van der Waals surface area contributed by atoms with E-state index in [1.807, 2.05) is 96.0 Å². The topological polar surface area (TPSA) is 58.0 Å². The van der Waals surface area contributed by atoms with Crippen molar-refractivity contribution >= 4 is 63.2 Å². The molecule has 5 rings (SSSR count). The molecular weight excluding hydrogens is 559 g/mol. The van der Waals surface area contributed by atoms with Crippen molar-refractivity contribution in [1.82, 2.24) is 4.57 Å². The molecule has 0 saturated heterocycles. The van der Waals surface area contributed by atoms with Crippen LogP contribution in [0, 0.1) is 11.3 Å². The number of rotatable bonds is 8. The highest BCUT2D eigenvalue weighted by atomic mass is 35.5. The van der Waals surface area contributed by atoms with E-state index in [0.29, 0.717) is 45.1 Å². The zero-order chi connectivity index (χ0) is 28.2. The smallest absolute Gasteiger partial charge is 0.101 e. The van der Waals surface area contributed by atoms with E-state index in [1.54, 1.807) is 6.07 Å². The molecule has 7 heteroatoms. The molecule has 0 radical (unpaired) electrons. The molecule has 0 spiro atoms. The lowest BCUT2D eigenvalue weighted by Gasteiger charge is -2.28. The lowest BCUT2D eigenvalue weighted by atomic mass is 10.1. The standard InChI is InChI=1S/C33H25Cl3N4/c1-22(40(33-9-5-3-7-31(33)38)19-23-10-13-27(34)14-11-23)25(18-37)16-26-21-39(32-8-4-2-6-29(26)32)20-24-12-15-28(35)17-30(24)36/h2-17,21H,1,19-20,38H2/b25-16+. The van der Waals surface area contributed by atoms with Crippen molar-refractivity contribution in [3.8, 4) is 6.07 Å². The van der Waals surface area contributed by atoms with Gasteiger partial charge in [0.15, 0.2) is 0 Å². The molecule has 1 heterocycles. The van der Waals surface area contributed by atoms with Crippen LogP contribution in [0.25, 0.3) is 17.0 Å². The number of nitrogens with zero attached hydrogens (tertiary/aromatic N) is 3. The Balaban J connectivity index is 1.55. The zero-order valence-corrected chi connectivity index (χ0v) is 23.8. The minimum absolute atomic E-state index is 0.421. The summed E-state index contributed by atoms with van der Waals surface area (Å²) in [5.74, 6) is 0. The maximum absolute atomic E-state index is 10.3. The number of hydrogen-bond acceptors (Lipinski definition) is 3. The summed E-state index contributed by atoms with van der Waals surface area (Å²) in [7, 11) is 0. The summed E-state index contributed by atoms with van der Waals surface area (Å²) >= 11 is 18.7. The second-order valence-corrected chi connectivity index (χ2v) is 10.6. The van der Waals surface area contributed by atoms with E-state index in [-0.39, 0.29) is 0 Å². The van der Waals surface area contributed by atoms with E-state index in [9.17, 15) is 5.26 Å². The molecule has 0 aliphatic rings. The van der Waals surface area contributed by atoms with Crippen LogP contribution in [0.5, 0.6) is 0 Å². The van der Waals surface area contributed by atoms with E-state index in [2.05, 4.69) is 23.3 Å². The van der Waals surface area contributed by atoms with Crippen molar-refractivity contribution in [2.45, 2.75) is 13.1 Å². The van der Waals surface area contributed by atoms with Crippen LogP contribution < -0.4 is 10.6 Å². The fraction of sp³-hybridized carbons (Fsp3) is 0.0606. The van der Waals surface area contributed by atoms with E-state index < -0.39 is 0 Å². The molecule has 0 saturated carbocycles. The van der Waals surface area contributed by atoms with Crippen molar-refractivity contribution < 1.29 is 0 Å². The van der Waals surface area contributed by atoms with Crippen LogP contribution in [-0.4, -0.2) is 4.57 Å². The number of hydrogen-bond donors (Lipinski definition) is 1. The Hall–Kier alpha value is -4.14. The first kappa shape index (κ1) is 27.4. The van der Waals surface area contributed by atoms with Gasteiger partial charge in [-0.15, -0.1) is 0 Å². The second kappa shape index (κ2) is 11.9. The third-order valence-corrected chi connectivity index (χ3v) is 7.55. The zero-order valence-electron chi connectivity index (χ0n) is 21.5. The second-order valence-electron chi connectivity index (χ2n) is 9.35. The molecule has 0 fully saturated rings. The largest absolute Gasteiger partial charge is 0.397 e. The van der Waals surface area contributed by atoms with Crippen LogP contribution in [0.15, 0.2) is 115 Å². The number of nitrogens with two attached hydrogens (primary N) is 1. The predicted molar refractivity (Wildman–Crippen MR) is 169 cm³/mol. The van der Waals surface area contributed by atoms with Crippen LogP contribution in [-0.2, 0) is 13.1 Å². The van der Waals surface area contributed by atoms with Gasteiger partial charge in [0.1, 0.15) is 6.07 Å². The van der Waals surface area contributed by atoms with Gasteiger partial charge in [-0.1, -0.05) is 89.9 Å². The summed E-state index contributed by atoms with van der Waals surface area (Å²) in [6, 6.07) is 31.1. The minimum atomic E-state index is 0.421. The Bertz CT molecular complexity index is 1780. The molecule has 2 N–H and O–H groups in total. The first-order valence-electron chi connectivity index (χ1n) is 12.5. The Kier molecular flexibility index (Phi) is 8.19. The molecule has 198 valence electrons. The number of benzene rings is 4. The normalized spacial score (nSPS) is 11.4. The van der Waals surface area contributed by atoms with Crippen molar-refractivity contribution in [3.63, 3.8) is 0 Å². The van der Waals surface area contributed by atoms with Crippen molar-refractivity contribution in [2.24, 2.45) is 0 Å². The molecule has 0 bridgehead atoms. The SMILES string of the molecule is C=C(/C(C#N)=C/c1cn(Cc2ccc(Cl)cc2Cl)c2ccccc12)N(Cc1ccc(Cl)cc1)c1ccccc1N. The number of halogens is 3. The van der Waals surface area contributed by atoms with Gasteiger partial charge in [0.05, 0.1) is 22.6 Å². The van der Waals surface area contributed by atoms with Crippen LogP contribution in [0.2, 0.25) is 15.1 Å². The Morgan fingerprint density at radius 1 is 0.925 bits per heavy atom. The number of para-hydroxylation sites is 3. The molecule has 0 aliphatic heterocycles. The van der Waals surface area contributed by atoms with Gasteiger partial charge in [0, 0.05) is 50.8 Å². The fourth-order valence-electron chi connectivity index (χ4n) is 4.67. The van der Waals surface area contributed by atoms with E-state index >= 15 is 0 Å². The monoisotopic (exact) mass is 582 g/mol. The summed E-state index contributed by atoms with van der Waals surface area (Å²) in [6.07, 6.45) is 3.90. The summed E-state index contributed by atoms with van der Waals surface area (Å²) in [4.78, 5) is 1.96. The average Bonchev–Trinajstić information content (AvgIpc) is 3.30. The summed E-state index contributed by atoms with van der Waals surface area (Å²) in [5, 5.41) is 13.2. The first-order valence-corrected chi connectivity index (χ1v) is 13.7. The first-order chi connectivity index (χ1) is 19.3. The maximum atomic E-state index is 10.3. The lowest BCUT2D eigenvalue weighted by Crippen LogP contribution is -2.23. The fourth-order valence-corrected chi connectivity index (χ4v) is 5.26. The highest BCUT2D eigenvalue weighted by Gasteiger charge is 2.18. The summed E-state index contributed by atoms with van der Waals surface area (Å²) < 4.78 is 2.12. The third kappa shape index (κ3) is 5.88. The van der Waals surface area contributed by atoms with Crippen LogP contribution in [0.3, 0.4) is 0 Å². The van der Waals surface area contributed by atoms with Crippen LogP contribution in [0.4, 0.5) is 11.4 Å². The Labute approximate surface area is 248 Å². The summed E-state index contributed by atoms with van der Waals surface area (Å²) in [6.45, 7) is 5.36. The van der Waals surface area contributed by atoms with Crippen molar-refractivity contribution in [1.29, 1.82) is 5.26 Å². The number of nitriles is 1. The van der Waals surface area contributed by atoms with E-state index in [1.165, 1.54) is 0 Å². The van der Waals surface area contributed by atoms with Gasteiger partial charge in [-0.25, -0.2) is 0 Å². The summed E-state index contributed by atoms with van der Waals surface area (Å²) in [5.41, 5.74) is 12.6. The lowest BCUT2D eigenvalue weighted by molar-refractivity contribution is 0.836. The third-order valence-electron chi connectivity index (χ3n) is 6.71. The van der Waals surface area contributed by atoms with E-state index in [4.69, 9.17) is 40.5 Å². The number of anilines is 2. The quantitative estimate of drug-likeness (QED) is 0.112. The number of allylic oxidation sites excluding steroid dienone is 1. The molecule has 0 unspecified atom stereocenters. The van der Waals surface area contributed by atoms with Crippen LogP contribution in [0.1, 0.15) is 16.7 Å². The number of aromatic nitrogens is 1. The van der Waals surface area contributed by atoms with Gasteiger partial charge in [-0.2, -0.15) is 5.26 Å². The highest BCUT2D eigenvalue weighted by Crippen LogP contribution is 2.33. The van der Waals surface area contributed by atoms with Crippen molar-refractivity contribution in [3.05, 3.63) is 147 Å². The van der Waals surface area contributed by atoms with Gasteiger partial charge in [0.2, 0.25) is 0 Å². The Morgan fingerprint density at radius 2 is 1.62 bits per heavy atom. The molecule has 40 heavy (non-hydrogen) atoms. The highest BCUT2D eigenvalue weighted by molar-refractivity contribution is 6.35. The predicted octanol–water partition coefficient (Wildman–Crippen LogP) is 9.36. The van der Waals surface area contributed by atoms with Crippen LogP contribution >= 0.6 is 34.8 Å². The number of fused-ring (bicyclic) bond motifs is 1. The van der Waals surface area contributed by atoms with Gasteiger partial charge in [-0.05, 0) is 59.7 Å². The van der Waals surface area contributed by atoms with Gasteiger partial charge in [-0.3, -0.25) is 0 Å². The average molecular weight is 584 g/mol. The molecule has 1 aromatic heterocycles. The molecule has 4 nitrogen and oxygen atoms in total. The molecule has 5 aromatic rings. The molecule has 0 amide bonds. The number of nitrogen functional groups attached to an aromatic ring is 1. The molecule has 0 aliphatic carbocycles. The van der Waals surface area contributed by atoms with Crippen molar-refractivity contribution in [2.75, 3.05) is 10.6 Å². The van der Waals surface area contributed by atoms with Gasteiger partial charge < -0.3 is 15.2 Å². The molecule has 0 atom stereocenters. The maximum Gasteiger partial charge on any atom is 0.101 e. The Morgan fingerprint density at radius 3 is 2.35 bits per heavy atom. The van der Waals surface area contributed by atoms with Gasteiger partial charge >= 0.3 is 0 Å². The minimum Gasteiger partial charge on any atom is -0.397 e. The van der Waals surface area contributed by atoms with E-state index in [0.717, 1.165) is 33.3 Å². The van der Waals surface area contributed by atoms with Gasteiger partial charge in [0.25, 0.3) is 0 Å².